The number of rotatable bonds is 22. The number of amides is 4. The summed E-state index contributed by atoms with van der Waals surface area (Å²) in [5.41, 5.74) is 16.8. The molecule has 0 aromatic heterocycles. The number of fused-ring (bicyclic) bond motifs is 4. The van der Waals surface area contributed by atoms with Crippen LogP contribution in [0.5, 0.6) is 40.2 Å². The van der Waals surface area contributed by atoms with Gasteiger partial charge in [0.05, 0.1) is 70.5 Å². The SMILES string of the molecule is Br.COC(=O)C(=O)Cl.COC(=O)C(=O)N1CCSc2ccc(OC)cc2C1.COc1ccc(S)cc1.COc1ccc(SCCN)cc1.COc1ccc(SCCNC(=O)OCc2ccccc2)cc1.COc1ccc2c(c1)CN(C(=O)C(=O)O)CCS2.COc1ccc2c(c1)CN(C(=O)OCc1ccccc1)CCS2.COc1ccc2c(c1)CNCCS2.Cl.NCCCl.O=C(Cl)OCc1ccccc1. The molecular formula is C99H118BrCl4N7O22S7. The number of carboxylic acids is 1. The molecule has 0 unspecified atom stereocenters. The van der Waals surface area contributed by atoms with Crippen LogP contribution in [0.25, 0.3) is 0 Å². The zero-order valence-electron chi connectivity index (χ0n) is 78.7. The molecule has 0 aliphatic carbocycles. The molecule has 29 nitrogen and oxygen atoms in total. The van der Waals surface area contributed by atoms with Crippen molar-refractivity contribution in [2.24, 2.45) is 11.5 Å². The number of nitrogens with one attached hydrogen (secondary N) is 2. The number of carboxylic acid groups (broad SMARTS) is 1. The molecule has 4 amide bonds. The van der Waals surface area contributed by atoms with Crippen molar-refractivity contribution in [3.05, 3.63) is 276 Å². The highest BCUT2D eigenvalue weighted by atomic mass is 79.9. The molecule has 0 saturated heterocycles. The fourth-order valence-corrected chi connectivity index (χ4v) is 17.3. The molecule has 4 aliphatic rings. The minimum absolute atomic E-state index is 0. The fourth-order valence-electron chi connectivity index (χ4n) is 11.6. The number of alkyl halides is 1. The zero-order chi connectivity index (χ0) is 101. The van der Waals surface area contributed by atoms with Gasteiger partial charge in [-0.25, -0.2) is 28.8 Å². The molecule has 4 aliphatic heterocycles. The molecular weight excluding hydrogens is 2090 g/mol. The number of esters is 2. The van der Waals surface area contributed by atoms with Crippen LogP contribution in [-0.2, 0) is 98.5 Å². The lowest BCUT2D eigenvalue weighted by Crippen LogP contribution is -2.37. The van der Waals surface area contributed by atoms with Gasteiger partial charge in [0.15, 0.2) is 0 Å². The highest BCUT2D eigenvalue weighted by molar-refractivity contribution is 8.93. The summed E-state index contributed by atoms with van der Waals surface area (Å²) in [5, 5.41) is 13.8. The van der Waals surface area contributed by atoms with Crippen molar-refractivity contribution in [2.75, 3.05) is 150 Å². The Bertz CT molecular complexity index is 5310. The first-order valence-corrected chi connectivity index (χ1v) is 50.1. The molecule has 4 heterocycles. The molecule has 10 aromatic rings. The van der Waals surface area contributed by atoms with Crippen LogP contribution in [0.2, 0.25) is 0 Å². The quantitative estimate of drug-likeness (QED) is 0.00536. The topological polar surface area (TPSA) is 370 Å². The number of hydrogen-bond donors (Lipinski definition) is 6. The van der Waals surface area contributed by atoms with Gasteiger partial charge in [0.1, 0.15) is 60.1 Å². The average Bonchev–Trinajstić information content (AvgIpc) is 1.67. The van der Waals surface area contributed by atoms with E-state index in [1.54, 1.807) is 113 Å². The molecule has 0 radical (unpaired) electrons. The Labute approximate surface area is 880 Å². The fraction of sp³-hybridized carbons (Fsp3) is 0.303. The van der Waals surface area contributed by atoms with E-state index in [0.29, 0.717) is 76.3 Å². The molecule has 0 spiro atoms. The molecule has 41 heteroatoms. The number of hydrogen-bond acceptors (Lipinski definition) is 31. The van der Waals surface area contributed by atoms with Crippen LogP contribution in [0.1, 0.15) is 38.9 Å². The first-order chi connectivity index (χ1) is 66.8. The first kappa shape index (κ1) is 124. The lowest BCUT2D eigenvalue weighted by atomic mass is 10.2. The Morgan fingerprint density at radius 3 is 1.14 bits per heavy atom. The summed E-state index contributed by atoms with van der Waals surface area (Å²) < 4.78 is 59.4. The summed E-state index contributed by atoms with van der Waals surface area (Å²) in [5.74, 6) is 6.87. The second-order valence-electron chi connectivity index (χ2n) is 28.0. The van der Waals surface area contributed by atoms with Gasteiger partial charge in [0, 0.05) is 152 Å². The highest BCUT2D eigenvalue weighted by Gasteiger charge is 2.28. The predicted octanol–water partition coefficient (Wildman–Crippen LogP) is 19.5. The maximum Gasteiger partial charge on any atom is 0.410 e. The second kappa shape index (κ2) is 73.8. The van der Waals surface area contributed by atoms with Crippen LogP contribution in [0, 0.1) is 0 Å². The number of thioether (sulfide) groups is 6. The largest absolute Gasteiger partial charge is 0.497 e. The van der Waals surface area contributed by atoms with Gasteiger partial charge in [-0.1, -0.05) is 91.0 Å². The maximum atomic E-state index is 12.4. The number of benzene rings is 10. The van der Waals surface area contributed by atoms with Crippen LogP contribution in [0.4, 0.5) is 14.4 Å². The third kappa shape index (κ3) is 50.0. The van der Waals surface area contributed by atoms with Crippen LogP contribution >= 0.6 is 147 Å². The monoisotopic (exact) mass is 2200 g/mol. The van der Waals surface area contributed by atoms with Crippen molar-refractivity contribution in [3.8, 4) is 40.2 Å². The standard InChI is InChI=1S/C18H19NO3S.C17H19NO3S.C13H15NO4S.C12H13NO4S.C10H13NOS.C9H13NOS.C8H7ClO2.C7H8OS.C3H3ClO3.C2H6ClN.BrH.ClH/c1-21-16-7-8-17-15(11-16)12-19(9-10-23-17)18(20)22-13-14-5-3-2-4-6-14;1-20-15-7-9-16(10-8-15)22-12-11-18-17(19)21-13-14-5-3-2-4-6-14;1-17-10-3-4-11-9(7-10)8-14(5-6-19-11)12(15)13(16)18-2;1-17-9-2-3-10-8(6-9)7-13(4-5-18-10)11(14)12(15)16;1-12-9-2-3-10-8(6-9)7-11-4-5-13-10;1-11-8-2-4-9(5-3-8)12-7-6-10;9-8(10)11-6-7-4-2-1-3-5-7;1-8-6-2-4-7(9)5-3-6;1-7-3(6)2(4)5;3-1-2-4;;/h2-8,11H,9-10,12-13H2,1H3;2-10H,11-13H2,1H3,(H,18,19);3-4,7H,5-6,8H2,1-2H3;2-3,6H,4-5,7H2,1H3,(H,15,16);2-3,6,11H,4-5,7H2,1H3;2-5H,6-7,10H2,1H3;1-5H,6H2;2-5,9H,1H3;1H3;1-2,4H2;2*1H. The number of nitrogens with zero attached hydrogens (tertiary/aromatic N) is 3. The van der Waals surface area contributed by atoms with E-state index in [-0.39, 0.29) is 54.8 Å². The highest BCUT2D eigenvalue weighted by Crippen LogP contribution is 2.35. The Morgan fingerprint density at radius 1 is 0.429 bits per heavy atom. The molecule has 140 heavy (non-hydrogen) atoms. The zero-order valence-corrected chi connectivity index (χ0v) is 89.3. The molecule has 7 N–H and O–H groups in total. The lowest BCUT2D eigenvalue weighted by molar-refractivity contribution is -0.158. The van der Waals surface area contributed by atoms with Gasteiger partial charge in [-0.15, -0.1) is 124 Å². The van der Waals surface area contributed by atoms with E-state index in [0.717, 1.165) is 143 Å². The van der Waals surface area contributed by atoms with E-state index >= 15 is 0 Å². The maximum absolute atomic E-state index is 12.4. The number of halogens is 5. The van der Waals surface area contributed by atoms with Crippen molar-refractivity contribution in [1.82, 2.24) is 25.3 Å². The first-order valence-electron chi connectivity index (χ1n) is 42.4. The number of carbonyl (C=O) groups excluding carboxylic acids is 8. The minimum atomic E-state index is -1.41. The number of methoxy groups -OCH3 is 9. The molecule has 10 aromatic carbocycles. The average molecular weight is 2200 g/mol. The van der Waals surface area contributed by atoms with E-state index in [1.165, 1.54) is 37.2 Å². The Hall–Kier alpha value is -10.2. The smallest absolute Gasteiger partial charge is 0.410 e. The van der Waals surface area contributed by atoms with Gasteiger partial charge in [-0.05, 0) is 196 Å². The predicted molar refractivity (Wildman–Crippen MR) is 568 cm³/mol. The van der Waals surface area contributed by atoms with Crippen molar-refractivity contribution < 1.29 is 105 Å². The van der Waals surface area contributed by atoms with Crippen molar-refractivity contribution in [2.45, 2.75) is 80.3 Å². The number of thiol groups is 1. The van der Waals surface area contributed by atoms with Gasteiger partial charge >= 0.3 is 52.6 Å². The Morgan fingerprint density at radius 2 is 0.771 bits per heavy atom. The molecule has 0 atom stereocenters. The van der Waals surface area contributed by atoms with Gasteiger partial charge in [-0.3, -0.25) is 14.4 Å². The van der Waals surface area contributed by atoms with Crippen LogP contribution in [-0.4, -0.2) is 223 Å². The summed E-state index contributed by atoms with van der Waals surface area (Å²) in [6.45, 7) is 7.63. The van der Waals surface area contributed by atoms with E-state index in [2.05, 4.69) is 67.3 Å². The van der Waals surface area contributed by atoms with Gasteiger partial charge < -0.3 is 98.7 Å². The van der Waals surface area contributed by atoms with E-state index in [9.17, 15) is 43.2 Å². The van der Waals surface area contributed by atoms with Gasteiger partial charge in [-0.2, -0.15) is 0 Å². The molecule has 0 saturated carbocycles. The summed E-state index contributed by atoms with van der Waals surface area (Å²) in [6.07, 6.45) is -0.663. The molecule has 14 rings (SSSR count). The van der Waals surface area contributed by atoms with E-state index in [4.69, 9.17) is 82.4 Å². The second-order valence-corrected chi connectivity index (χ2v) is 36.4. The number of nitrogens with two attached hydrogens (primary N) is 2. The van der Waals surface area contributed by atoms with Crippen molar-refractivity contribution in [1.29, 1.82) is 0 Å². The summed E-state index contributed by atoms with van der Waals surface area (Å²) in [6, 6.07) is 75.8. The van der Waals surface area contributed by atoms with Crippen molar-refractivity contribution >= 4 is 200 Å². The number of alkyl carbamates (subject to hydrolysis) is 1. The number of ether oxygens (including phenoxy) is 12. The third-order valence-electron chi connectivity index (χ3n) is 18.5. The molecule has 0 bridgehead atoms. The van der Waals surface area contributed by atoms with Crippen molar-refractivity contribution in [3.63, 3.8) is 0 Å². The van der Waals surface area contributed by atoms with Crippen LogP contribution in [0.15, 0.2) is 271 Å². The molecule has 758 valence electrons. The summed E-state index contributed by atoms with van der Waals surface area (Å²) in [4.78, 5) is 112. The van der Waals surface area contributed by atoms with Crippen LogP contribution < -0.4 is 55.3 Å². The lowest BCUT2D eigenvalue weighted by Gasteiger charge is -2.20. The Kier molecular flexibility index (Phi) is 65.4. The minimum Gasteiger partial charge on any atom is -0.497 e. The summed E-state index contributed by atoms with van der Waals surface area (Å²) >= 11 is 29.1. The van der Waals surface area contributed by atoms with E-state index in [1.807, 2.05) is 230 Å². The van der Waals surface area contributed by atoms with E-state index < -0.39 is 40.4 Å². The normalized spacial score (nSPS) is 11.9. The van der Waals surface area contributed by atoms with Gasteiger partial charge in [0.2, 0.25) is 0 Å². The Balaban J connectivity index is 0.000000410. The summed E-state index contributed by atoms with van der Waals surface area (Å²) in [7, 11) is 13.8. The third-order valence-corrected chi connectivity index (χ3v) is 25.8. The number of carbonyl (C=O) groups is 9. The van der Waals surface area contributed by atoms with Gasteiger partial charge in [0.25, 0.3) is 0 Å². The molecule has 0 fully saturated rings. The number of aliphatic carboxylic acids is 1. The van der Waals surface area contributed by atoms with Crippen LogP contribution in [0.3, 0.4) is 0 Å².